The Morgan fingerprint density at radius 1 is 1.24 bits per heavy atom. The Labute approximate surface area is 101 Å². The quantitative estimate of drug-likeness (QED) is 0.661. The van der Waals surface area contributed by atoms with Crippen molar-refractivity contribution in [2.75, 3.05) is 0 Å². The zero-order valence-corrected chi connectivity index (χ0v) is 10.6. The number of hydrogen-bond acceptors (Lipinski definition) is 4. The van der Waals surface area contributed by atoms with Gasteiger partial charge >= 0.3 is 5.97 Å². The molecule has 6 nitrogen and oxygen atoms in total. The van der Waals surface area contributed by atoms with E-state index in [0.29, 0.717) is 6.42 Å². The molecule has 98 valence electrons. The van der Waals surface area contributed by atoms with Gasteiger partial charge in [0, 0.05) is 0 Å². The van der Waals surface area contributed by atoms with Gasteiger partial charge < -0.3 is 10.4 Å². The zero-order chi connectivity index (χ0) is 13.6. The Morgan fingerprint density at radius 3 is 2.06 bits per heavy atom. The van der Waals surface area contributed by atoms with Gasteiger partial charge in [-0.25, -0.2) is 4.79 Å². The van der Waals surface area contributed by atoms with E-state index in [2.05, 4.69) is 10.5 Å². The summed E-state index contributed by atoms with van der Waals surface area (Å²) in [6, 6.07) is -2.01. The standard InChI is InChI=1S/C11H20N2O4/c1-6(2)5-8(11(15)16)12-10(14)9(13-17)7(3)4/h6-9H,5H2,1-4H3,(H,12,14)(H,15,16). The van der Waals surface area contributed by atoms with E-state index in [9.17, 15) is 14.5 Å². The predicted octanol–water partition coefficient (Wildman–Crippen LogP) is 1.39. The molecule has 0 saturated carbocycles. The minimum Gasteiger partial charge on any atom is -0.480 e. The van der Waals surface area contributed by atoms with Crippen LogP contribution < -0.4 is 5.32 Å². The lowest BCUT2D eigenvalue weighted by molar-refractivity contribution is -0.142. The van der Waals surface area contributed by atoms with Crippen molar-refractivity contribution in [3.8, 4) is 0 Å². The molecule has 0 bridgehead atoms. The maximum atomic E-state index is 11.6. The van der Waals surface area contributed by atoms with Crippen LogP contribution in [-0.2, 0) is 9.59 Å². The molecule has 2 atom stereocenters. The molecule has 0 spiro atoms. The number of carboxylic acid groups (broad SMARTS) is 1. The largest absolute Gasteiger partial charge is 0.480 e. The zero-order valence-electron chi connectivity index (χ0n) is 10.6. The molecule has 17 heavy (non-hydrogen) atoms. The summed E-state index contributed by atoms with van der Waals surface area (Å²) in [6.45, 7) is 7.09. The molecule has 0 saturated heterocycles. The van der Waals surface area contributed by atoms with Crippen LogP contribution >= 0.6 is 0 Å². The van der Waals surface area contributed by atoms with Crippen LogP contribution in [0.3, 0.4) is 0 Å². The van der Waals surface area contributed by atoms with Crippen molar-refractivity contribution in [3.05, 3.63) is 4.91 Å². The molecule has 0 aromatic heterocycles. The summed E-state index contributed by atoms with van der Waals surface area (Å²) in [4.78, 5) is 33.1. The fraction of sp³-hybridized carbons (Fsp3) is 0.818. The first-order chi connectivity index (χ1) is 7.79. The molecule has 0 heterocycles. The maximum absolute atomic E-state index is 11.6. The van der Waals surface area contributed by atoms with Gasteiger partial charge in [-0.05, 0) is 18.3 Å². The molecule has 2 N–H and O–H groups in total. The summed E-state index contributed by atoms with van der Waals surface area (Å²) >= 11 is 0. The van der Waals surface area contributed by atoms with Crippen LogP contribution in [0.25, 0.3) is 0 Å². The van der Waals surface area contributed by atoms with Gasteiger partial charge in [0.15, 0.2) is 6.04 Å². The van der Waals surface area contributed by atoms with Gasteiger partial charge in [-0.3, -0.25) is 4.79 Å². The first-order valence-electron chi connectivity index (χ1n) is 5.65. The van der Waals surface area contributed by atoms with Gasteiger partial charge in [0.1, 0.15) is 6.04 Å². The van der Waals surface area contributed by atoms with Crippen LogP contribution in [0.2, 0.25) is 0 Å². The maximum Gasteiger partial charge on any atom is 0.326 e. The highest BCUT2D eigenvalue weighted by atomic mass is 16.4. The molecule has 0 aromatic rings. The number of aliphatic carboxylic acids is 1. The Bertz CT molecular complexity index is 289. The Morgan fingerprint density at radius 2 is 1.76 bits per heavy atom. The summed E-state index contributed by atoms with van der Waals surface area (Å²) in [6.07, 6.45) is 0.324. The van der Waals surface area contributed by atoms with Gasteiger partial charge in [0.05, 0.1) is 0 Å². The molecule has 0 aliphatic carbocycles. The van der Waals surface area contributed by atoms with E-state index >= 15 is 0 Å². The number of amides is 1. The van der Waals surface area contributed by atoms with Crippen LogP contribution in [0.15, 0.2) is 5.18 Å². The second-order valence-electron chi connectivity index (χ2n) is 4.82. The molecule has 2 unspecified atom stereocenters. The van der Waals surface area contributed by atoms with E-state index < -0.39 is 24.0 Å². The van der Waals surface area contributed by atoms with Crippen molar-refractivity contribution < 1.29 is 14.7 Å². The van der Waals surface area contributed by atoms with Crippen LogP contribution in [0.1, 0.15) is 34.1 Å². The summed E-state index contributed by atoms with van der Waals surface area (Å²) in [5.41, 5.74) is 0. The molecule has 6 heteroatoms. The lowest BCUT2D eigenvalue weighted by Gasteiger charge is -2.19. The van der Waals surface area contributed by atoms with Crippen molar-refractivity contribution >= 4 is 11.9 Å². The highest BCUT2D eigenvalue weighted by molar-refractivity contribution is 5.87. The van der Waals surface area contributed by atoms with Crippen molar-refractivity contribution in [2.45, 2.75) is 46.2 Å². The van der Waals surface area contributed by atoms with Gasteiger partial charge in [-0.15, -0.1) is 4.91 Å². The minimum atomic E-state index is -1.10. The summed E-state index contributed by atoms with van der Waals surface area (Å²) in [5.74, 6) is -1.83. The third-order valence-corrected chi connectivity index (χ3v) is 2.34. The van der Waals surface area contributed by atoms with E-state index in [0.717, 1.165) is 0 Å². The fourth-order valence-electron chi connectivity index (χ4n) is 1.42. The second kappa shape index (κ2) is 6.98. The van der Waals surface area contributed by atoms with Crippen LogP contribution in [0, 0.1) is 16.7 Å². The molecule has 0 aliphatic heterocycles. The summed E-state index contributed by atoms with van der Waals surface area (Å²) in [7, 11) is 0. The third kappa shape index (κ3) is 5.42. The Hall–Kier alpha value is -1.46. The van der Waals surface area contributed by atoms with Crippen molar-refractivity contribution in [3.63, 3.8) is 0 Å². The van der Waals surface area contributed by atoms with E-state index in [4.69, 9.17) is 5.11 Å². The van der Waals surface area contributed by atoms with Crippen molar-refractivity contribution in [2.24, 2.45) is 17.0 Å². The van der Waals surface area contributed by atoms with Gasteiger partial charge in [-0.1, -0.05) is 32.9 Å². The predicted molar refractivity (Wildman–Crippen MR) is 63.4 cm³/mol. The van der Waals surface area contributed by atoms with Crippen LogP contribution in [0.5, 0.6) is 0 Å². The number of carbonyl (C=O) groups excluding carboxylic acids is 1. The SMILES string of the molecule is CC(C)CC(NC(=O)C(N=O)C(C)C)C(=O)O. The number of nitrogens with one attached hydrogen (secondary N) is 1. The summed E-state index contributed by atoms with van der Waals surface area (Å²) in [5, 5.41) is 14.0. The average molecular weight is 244 g/mol. The van der Waals surface area contributed by atoms with Crippen LogP contribution in [0.4, 0.5) is 0 Å². The van der Waals surface area contributed by atoms with Gasteiger partial charge in [-0.2, -0.15) is 0 Å². The number of rotatable bonds is 7. The smallest absolute Gasteiger partial charge is 0.326 e. The fourth-order valence-corrected chi connectivity index (χ4v) is 1.42. The Balaban J connectivity index is 4.59. The molecular formula is C11H20N2O4. The normalized spacial score (nSPS) is 14.5. The third-order valence-electron chi connectivity index (χ3n) is 2.34. The number of nitroso groups, excluding NO2 is 1. The van der Waals surface area contributed by atoms with E-state index in [-0.39, 0.29) is 11.8 Å². The van der Waals surface area contributed by atoms with Crippen molar-refractivity contribution in [1.82, 2.24) is 5.32 Å². The summed E-state index contributed by atoms with van der Waals surface area (Å²) < 4.78 is 0. The molecule has 0 radical (unpaired) electrons. The van der Waals surface area contributed by atoms with E-state index in [1.54, 1.807) is 13.8 Å². The van der Waals surface area contributed by atoms with E-state index in [1.807, 2.05) is 13.8 Å². The second-order valence-corrected chi connectivity index (χ2v) is 4.82. The Kier molecular flexibility index (Phi) is 6.38. The monoisotopic (exact) mass is 244 g/mol. The highest BCUT2D eigenvalue weighted by Gasteiger charge is 2.28. The highest BCUT2D eigenvalue weighted by Crippen LogP contribution is 2.09. The molecule has 0 rings (SSSR count). The molecule has 0 aliphatic rings. The average Bonchev–Trinajstić information content (AvgIpc) is 2.15. The minimum absolute atomic E-state index is 0.137. The van der Waals surface area contributed by atoms with E-state index in [1.165, 1.54) is 0 Å². The lowest BCUT2D eigenvalue weighted by Crippen LogP contribution is -2.46. The molecule has 0 aromatic carbocycles. The molecule has 1 amide bonds. The molecule has 0 fully saturated rings. The number of nitrogens with zero attached hydrogens (tertiary/aromatic N) is 1. The van der Waals surface area contributed by atoms with Crippen molar-refractivity contribution in [1.29, 1.82) is 0 Å². The first-order valence-corrected chi connectivity index (χ1v) is 5.65. The first kappa shape index (κ1) is 15.5. The van der Waals surface area contributed by atoms with Gasteiger partial charge in [0.25, 0.3) is 0 Å². The van der Waals surface area contributed by atoms with Gasteiger partial charge in [0.2, 0.25) is 5.91 Å². The number of carbonyl (C=O) groups is 2. The topological polar surface area (TPSA) is 95.8 Å². The number of carboxylic acids is 1. The van der Waals surface area contributed by atoms with Crippen LogP contribution in [-0.4, -0.2) is 29.1 Å². The lowest BCUT2D eigenvalue weighted by atomic mass is 10.0. The molecular weight excluding hydrogens is 224 g/mol. The number of hydrogen-bond donors (Lipinski definition) is 2.